The molecule has 5 nitrogen and oxygen atoms in total. The standard InChI is InChI=1S/C13H22N2O3S/c1-10-6-11(14)8-12(7-10)19(17,18)15-9-13(2,3)4-5-16/h6-8,15-16H,4-5,9,14H2,1-3H3. The van der Waals surface area contributed by atoms with Gasteiger partial charge in [0.05, 0.1) is 4.90 Å². The Labute approximate surface area is 114 Å². The maximum atomic E-state index is 12.2. The van der Waals surface area contributed by atoms with Crippen molar-refractivity contribution in [2.45, 2.75) is 32.1 Å². The lowest BCUT2D eigenvalue weighted by Crippen LogP contribution is -2.34. The number of hydrogen-bond donors (Lipinski definition) is 3. The van der Waals surface area contributed by atoms with Gasteiger partial charge in [0.1, 0.15) is 0 Å². The van der Waals surface area contributed by atoms with E-state index in [2.05, 4.69) is 4.72 Å². The molecule has 0 aliphatic heterocycles. The van der Waals surface area contributed by atoms with E-state index in [0.717, 1.165) is 5.56 Å². The molecular formula is C13H22N2O3S. The van der Waals surface area contributed by atoms with Gasteiger partial charge in [-0.3, -0.25) is 0 Å². The summed E-state index contributed by atoms with van der Waals surface area (Å²) < 4.78 is 26.9. The Hall–Kier alpha value is -1.11. The van der Waals surface area contributed by atoms with E-state index in [1.54, 1.807) is 19.1 Å². The molecule has 0 bridgehead atoms. The van der Waals surface area contributed by atoms with Crippen LogP contribution in [0.3, 0.4) is 0 Å². The van der Waals surface area contributed by atoms with E-state index in [1.165, 1.54) is 6.07 Å². The topological polar surface area (TPSA) is 92.4 Å². The lowest BCUT2D eigenvalue weighted by Gasteiger charge is -2.23. The number of aliphatic hydroxyl groups excluding tert-OH is 1. The number of anilines is 1. The predicted octanol–water partition coefficient (Wildman–Crippen LogP) is 1.26. The first-order valence-electron chi connectivity index (χ1n) is 6.14. The van der Waals surface area contributed by atoms with Crippen molar-refractivity contribution in [1.82, 2.24) is 4.72 Å². The third kappa shape index (κ3) is 4.81. The van der Waals surface area contributed by atoms with E-state index in [1.807, 2.05) is 13.8 Å². The summed E-state index contributed by atoms with van der Waals surface area (Å²) in [5.74, 6) is 0. The van der Waals surface area contributed by atoms with Crippen LogP contribution in [0.5, 0.6) is 0 Å². The van der Waals surface area contributed by atoms with Gasteiger partial charge in [0.25, 0.3) is 0 Å². The van der Waals surface area contributed by atoms with Gasteiger partial charge in [0, 0.05) is 18.8 Å². The molecule has 0 atom stereocenters. The molecule has 0 heterocycles. The number of aliphatic hydroxyl groups is 1. The number of aryl methyl sites for hydroxylation is 1. The van der Waals surface area contributed by atoms with Crippen LogP contribution >= 0.6 is 0 Å². The Morgan fingerprint density at radius 3 is 2.47 bits per heavy atom. The fourth-order valence-corrected chi connectivity index (χ4v) is 3.08. The smallest absolute Gasteiger partial charge is 0.240 e. The molecule has 1 aromatic carbocycles. The molecule has 0 saturated carbocycles. The van der Waals surface area contributed by atoms with E-state index in [-0.39, 0.29) is 23.5 Å². The molecule has 0 amide bonds. The number of nitrogens with one attached hydrogen (secondary N) is 1. The van der Waals surface area contributed by atoms with Crippen LogP contribution in [0.2, 0.25) is 0 Å². The fourth-order valence-electron chi connectivity index (χ4n) is 1.70. The SMILES string of the molecule is Cc1cc(N)cc(S(=O)(=O)NCC(C)(C)CCO)c1. The van der Waals surface area contributed by atoms with Gasteiger partial charge in [-0.05, 0) is 42.5 Å². The summed E-state index contributed by atoms with van der Waals surface area (Å²) in [6.45, 7) is 5.90. The second-order valence-electron chi connectivity index (χ2n) is 5.54. The van der Waals surface area contributed by atoms with E-state index in [9.17, 15) is 8.42 Å². The molecule has 0 radical (unpaired) electrons. The number of sulfonamides is 1. The first-order chi connectivity index (χ1) is 8.66. The molecule has 108 valence electrons. The van der Waals surface area contributed by atoms with Gasteiger partial charge in [0.2, 0.25) is 10.0 Å². The first-order valence-corrected chi connectivity index (χ1v) is 7.62. The zero-order valence-corrected chi connectivity index (χ0v) is 12.4. The van der Waals surface area contributed by atoms with E-state index < -0.39 is 10.0 Å². The third-order valence-electron chi connectivity index (χ3n) is 2.91. The third-order valence-corrected chi connectivity index (χ3v) is 4.29. The summed E-state index contributed by atoms with van der Waals surface area (Å²) in [4.78, 5) is 0.171. The highest BCUT2D eigenvalue weighted by Gasteiger charge is 2.22. The molecule has 0 unspecified atom stereocenters. The first kappa shape index (κ1) is 15.9. The van der Waals surface area contributed by atoms with Crippen LogP contribution < -0.4 is 10.5 Å². The minimum Gasteiger partial charge on any atom is -0.399 e. The normalized spacial score (nSPS) is 12.6. The highest BCUT2D eigenvalue weighted by molar-refractivity contribution is 7.89. The molecule has 6 heteroatoms. The fraction of sp³-hybridized carbons (Fsp3) is 0.538. The van der Waals surface area contributed by atoms with Crippen molar-refractivity contribution in [3.8, 4) is 0 Å². The Morgan fingerprint density at radius 1 is 1.32 bits per heavy atom. The molecule has 1 aromatic rings. The quantitative estimate of drug-likeness (QED) is 0.687. The maximum Gasteiger partial charge on any atom is 0.240 e. The van der Waals surface area contributed by atoms with Crippen molar-refractivity contribution >= 4 is 15.7 Å². The molecule has 0 aliphatic carbocycles. The van der Waals surface area contributed by atoms with E-state index >= 15 is 0 Å². The molecule has 0 aliphatic rings. The van der Waals surface area contributed by atoms with Gasteiger partial charge in [-0.25, -0.2) is 13.1 Å². The highest BCUT2D eigenvalue weighted by atomic mass is 32.2. The van der Waals surface area contributed by atoms with Crippen molar-refractivity contribution < 1.29 is 13.5 Å². The Kier molecular flexibility index (Phi) is 4.95. The summed E-state index contributed by atoms with van der Waals surface area (Å²) in [5, 5.41) is 8.93. The van der Waals surface area contributed by atoms with Gasteiger partial charge in [-0.1, -0.05) is 13.8 Å². The van der Waals surface area contributed by atoms with Crippen molar-refractivity contribution in [2.24, 2.45) is 5.41 Å². The minimum absolute atomic E-state index is 0.0339. The van der Waals surface area contributed by atoms with E-state index in [4.69, 9.17) is 10.8 Å². The van der Waals surface area contributed by atoms with Crippen LogP contribution in [0.15, 0.2) is 23.1 Å². The minimum atomic E-state index is -3.57. The van der Waals surface area contributed by atoms with Crippen LogP contribution in [0.25, 0.3) is 0 Å². The Balaban J connectivity index is 2.87. The van der Waals surface area contributed by atoms with Crippen molar-refractivity contribution in [2.75, 3.05) is 18.9 Å². The number of nitrogens with two attached hydrogens (primary N) is 1. The van der Waals surface area contributed by atoms with Crippen LogP contribution in [-0.4, -0.2) is 26.7 Å². The molecule has 0 spiro atoms. The van der Waals surface area contributed by atoms with Crippen LogP contribution in [0.4, 0.5) is 5.69 Å². The molecule has 0 saturated heterocycles. The maximum absolute atomic E-state index is 12.2. The van der Waals surface area contributed by atoms with Crippen molar-refractivity contribution in [3.05, 3.63) is 23.8 Å². The van der Waals surface area contributed by atoms with Gasteiger partial charge >= 0.3 is 0 Å². The Morgan fingerprint density at radius 2 is 1.95 bits per heavy atom. The highest BCUT2D eigenvalue weighted by Crippen LogP contribution is 2.21. The van der Waals surface area contributed by atoms with Crippen LogP contribution in [0, 0.1) is 12.3 Å². The second kappa shape index (κ2) is 5.90. The van der Waals surface area contributed by atoms with Gasteiger partial charge in [-0.2, -0.15) is 0 Å². The summed E-state index contributed by atoms with van der Waals surface area (Å²) in [5.41, 5.74) is 6.59. The zero-order valence-electron chi connectivity index (χ0n) is 11.6. The average Bonchev–Trinajstić information content (AvgIpc) is 2.25. The van der Waals surface area contributed by atoms with E-state index in [0.29, 0.717) is 12.1 Å². The average molecular weight is 286 g/mol. The summed E-state index contributed by atoms with van der Waals surface area (Å²) in [6.07, 6.45) is 0.533. The lowest BCUT2D eigenvalue weighted by molar-refractivity contribution is 0.213. The summed E-state index contributed by atoms with van der Waals surface area (Å²) >= 11 is 0. The predicted molar refractivity (Wildman–Crippen MR) is 76.3 cm³/mol. The van der Waals surface area contributed by atoms with Crippen molar-refractivity contribution in [1.29, 1.82) is 0 Å². The molecule has 4 N–H and O–H groups in total. The molecule has 19 heavy (non-hydrogen) atoms. The van der Waals surface area contributed by atoms with Gasteiger partial charge in [-0.15, -0.1) is 0 Å². The summed E-state index contributed by atoms with van der Waals surface area (Å²) in [6, 6.07) is 4.74. The number of benzene rings is 1. The number of rotatable bonds is 6. The monoisotopic (exact) mass is 286 g/mol. The number of hydrogen-bond acceptors (Lipinski definition) is 4. The van der Waals surface area contributed by atoms with Crippen LogP contribution in [-0.2, 0) is 10.0 Å². The molecule has 0 aromatic heterocycles. The summed E-state index contributed by atoms with van der Waals surface area (Å²) in [7, 11) is -3.57. The van der Waals surface area contributed by atoms with Gasteiger partial charge < -0.3 is 10.8 Å². The Bertz CT molecular complexity index is 519. The second-order valence-corrected chi connectivity index (χ2v) is 7.31. The molecule has 1 rings (SSSR count). The van der Waals surface area contributed by atoms with Gasteiger partial charge in [0.15, 0.2) is 0 Å². The largest absolute Gasteiger partial charge is 0.399 e. The molecular weight excluding hydrogens is 264 g/mol. The van der Waals surface area contributed by atoms with Crippen molar-refractivity contribution in [3.63, 3.8) is 0 Å². The zero-order chi connectivity index (χ0) is 14.7. The lowest BCUT2D eigenvalue weighted by atomic mass is 9.90. The van der Waals surface area contributed by atoms with Crippen LogP contribution in [0.1, 0.15) is 25.8 Å². The number of nitrogen functional groups attached to an aromatic ring is 1. The molecule has 0 fully saturated rings.